The van der Waals surface area contributed by atoms with Crippen LogP contribution in [-0.2, 0) is 14.8 Å². The summed E-state index contributed by atoms with van der Waals surface area (Å²) in [5.41, 5.74) is 0.513. The lowest BCUT2D eigenvalue weighted by atomic mass is 10.2. The van der Waals surface area contributed by atoms with Crippen LogP contribution in [0.2, 0.25) is 0 Å². The number of sulfonamides is 1. The van der Waals surface area contributed by atoms with E-state index in [4.69, 9.17) is 9.15 Å². The molecule has 0 fully saturated rings. The summed E-state index contributed by atoms with van der Waals surface area (Å²) in [6.45, 7) is 1.48. The lowest BCUT2D eigenvalue weighted by Crippen LogP contribution is -2.41. The Kier molecular flexibility index (Phi) is 7.21. The molecule has 11 heteroatoms. The van der Waals surface area contributed by atoms with Gasteiger partial charge in [-0.3, -0.25) is 14.3 Å². The highest BCUT2D eigenvalue weighted by Crippen LogP contribution is 2.29. The fourth-order valence-electron chi connectivity index (χ4n) is 2.67. The van der Waals surface area contributed by atoms with E-state index in [1.807, 2.05) is 0 Å². The third-order valence-electron chi connectivity index (χ3n) is 4.32. The van der Waals surface area contributed by atoms with Crippen molar-refractivity contribution in [2.75, 3.05) is 17.1 Å². The SMILES string of the molecule is COc1ccc(S(=O)(=O)Nc2ccc(Br)cc2)cc1NC(=O)[C@@H](C)NC(=O)c1ccco1. The second-order valence-corrected chi connectivity index (χ2v) is 9.23. The molecule has 0 aliphatic heterocycles. The zero-order chi connectivity index (χ0) is 23.3. The standard InChI is InChI=1S/C21H20BrN3O6S/c1-13(23-21(27)19-4-3-11-31-19)20(26)24-17-12-16(9-10-18(17)30-2)32(28,29)25-15-7-5-14(22)6-8-15/h3-13,25H,1-2H3,(H,23,27)(H,24,26)/t13-/m1/s1. The second kappa shape index (κ2) is 9.88. The Bertz CT molecular complexity index is 1210. The van der Waals surface area contributed by atoms with Gasteiger partial charge >= 0.3 is 0 Å². The first-order valence-corrected chi connectivity index (χ1v) is 11.6. The number of rotatable bonds is 8. The minimum absolute atomic E-state index is 0.0642. The van der Waals surface area contributed by atoms with Crippen LogP contribution in [0.5, 0.6) is 5.75 Å². The van der Waals surface area contributed by atoms with Crippen LogP contribution in [0.3, 0.4) is 0 Å². The molecule has 2 amide bonds. The Morgan fingerprint density at radius 2 is 1.81 bits per heavy atom. The van der Waals surface area contributed by atoms with E-state index < -0.39 is 27.9 Å². The number of methoxy groups -OCH3 is 1. The third kappa shape index (κ3) is 5.68. The molecule has 0 aliphatic rings. The van der Waals surface area contributed by atoms with Crippen LogP contribution in [0, 0.1) is 0 Å². The molecule has 9 nitrogen and oxygen atoms in total. The number of nitrogens with one attached hydrogen (secondary N) is 3. The van der Waals surface area contributed by atoms with E-state index in [2.05, 4.69) is 31.3 Å². The van der Waals surface area contributed by atoms with Crippen molar-refractivity contribution in [1.29, 1.82) is 0 Å². The van der Waals surface area contributed by atoms with Crippen LogP contribution in [0.25, 0.3) is 0 Å². The number of halogens is 1. The zero-order valence-corrected chi connectivity index (χ0v) is 19.5. The van der Waals surface area contributed by atoms with Crippen molar-refractivity contribution in [3.8, 4) is 5.75 Å². The Morgan fingerprint density at radius 1 is 1.09 bits per heavy atom. The van der Waals surface area contributed by atoms with Gasteiger partial charge in [0.2, 0.25) is 5.91 Å². The van der Waals surface area contributed by atoms with Gasteiger partial charge in [-0.15, -0.1) is 0 Å². The van der Waals surface area contributed by atoms with Crippen molar-refractivity contribution >= 4 is 49.1 Å². The van der Waals surface area contributed by atoms with Crippen molar-refractivity contribution in [1.82, 2.24) is 5.32 Å². The lowest BCUT2D eigenvalue weighted by Gasteiger charge is -2.16. The van der Waals surface area contributed by atoms with Crippen LogP contribution in [0.15, 0.2) is 74.6 Å². The summed E-state index contributed by atoms with van der Waals surface area (Å²) >= 11 is 3.29. The molecule has 0 unspecified atom stereocenters. The molecule has 32 heavy (non-hydrogen) atoms. The highest BCUT2D eigenvalue weighted by Gasteiger charge is 2.21. The minimum atomic E-state index is -3.93. The molecule has 0 radical (unpaired) electrons. The Labute approximate surface area is 193 Å². The van der Waals surface area contributed by atoms with Gasteiger partial charge < -0.3 is 19.8 Å². The van der Waals surface area contributed by atoms with Gasteiger partial charge in [-0.05, 0) is 61.5 Å². The van der Waals surface area contributed by atoms with E-state index in [-0.39, 0.29) is 22.1 Å². The van der Waals surface area contributed by atoms with Crippen molar-refractivity contribution in [2.24, 2.45) is 0 Å². The molecule has 2 aromatic carbocycles. The van der Waals surface area contributed by atoms with Crippen LogP contribution >= 0.6 is 15.9 Å². The molecule has 1 heterocycles. The molecular weight excluding hydrogens is 502 g/mol. The van der Waals surface area contributed by atoms with E-state index in [1.165, 1.54) is 44.6 Å². The van der Waals surface area contributed by atoms with Crippen molar-refractivity contribution < 1.29 is 27.2 Å². The monoisotopic (exact) mass is 521 g/mol. The largest absolute Gasteiger partial charge is 0.495 e. The molecule has 168 valence electrons. The third-order valence-corrected chi connectivity index (χ3v) is 6.23. The second-order valence-electron chi connectivity index (χ2n) is 6.64. The van der Waals surface area contributed by atoms with Gasteiger partial charge in [0.25, 0.3) is 15.9 Å². The Morgan fingerprint density at radius 3 is 2.44 bits per heavy atom. The normalized spacial score (nSPS) is 12.0. The molecule has 0 saturated carbocycles. The van der Waals surface area contributed by atoms with Crippen molar-refractivity contribution in [3.05, 3.63) is 71.1 Å². The van der Waals surface area contributed by atoms with E-state index >= 15 is 0 Å². The number of anilines is 2. The molecule has 3 N–H and O–H groups in total. The lowest BCUT2D eigenvalue weighted by molar-refractivity contribution is -0.117. The predicted octanol–water partition coefficient (Wildman–Crippen LogP) is 3.61. The molecule has 3 aromatic rings. The van der Waals surface area contributed by atoms with Gasteiger partial charge in [0.05, 0.1) is 24.0 Å². The fourth-order valence-corrected chi connectivity index (χ4v) is 4.01. The minimum Gasteiger partial charge on any atom is -0.495 e. The topological polar surface area (TPSA) is 127 Å². The summed E-state index contributed by atoms with van der Waals surface area (Å²) in [4.78, 5) is 24.6. The fraction of sp³-hybridized carbons (Fsp3) is 0.143. The number of amides is 2. The summed E-state index contributed by atoms with van der Waals surface area (Å²) in [6.07, 6.45) is 1.35. The molecule has 0 bridgehead atoms. The molecule has 0 saturated heterocycles. The number of carbonyl (C=O) groups excluding carboxylic acids is 2. The Balaban J connectivity index is 1.77. The number of hydrogen-bond donors (Lipinski definition) is 3. The number of benzene rings is 2. The van der Waals surface area contributed by atoms with Crippen LogP contribution in [0.4, 0.5) is 11.4 Å². The molecule has 0 aliphatic carbocycles. The van der Waals surface area contributed by atoms with E-state index in [0.717, 1.165) is 4.47 Å². The van der Waals surface area contributed by atoms with Gasteiger partial charge in [0, 0.05) is 10.2 Å². The van der Waals surface area contributed by atoms with Crippen LogP contribution < -0.4 is 20.1 Å². The van der Waals surface area contributed by atoms with Gasteiger partial charge in [0.15, 0.2) is 5.76 Å². The summed E-state index contributed by atoms with van der Waals surface area (Å²) in [5, 5.41) is 5.09. The first-order chi connectivity index (χ1) is 15.2. The number of furan rings is 1. The maximum atomic E-state index is 12.8. The first kappa shape index (κ1) is 23.4. The van der Waals surface area contributed by atoms with Crippen LogP contribution in [0.1, 0.15) is 17.5 Å². The number of hydrogen-bond acceptors (Lipinski definition) is 6. The predicted molar refractivity (Wildman–Crippen MR) is 122 cm³/mol. The summed E-state index contributed by atoms with van der Waals surface area (Å²) < 4.78 is 39.1. The Hall–Kier alpha value is -3.31. The molecular formula is C21H20BrN3O6S. The molecule has 0 spiro atoms. The smallest absolute Gasteiger partial charge is 0.287 e. The zero-order valence-electron chi connectivity index (χ0n) is 17.1. The van der Waals surface area contributed by atoms with Crippen LogP contribution in [-0.4, -0.2) is 33.4 Å². The average molecular weight is 522 g/mol. The van der Waals surface area contributed by atoms with Crippen molar-refractivity contribution in [2.45, 2.75) is 17.9 Å². The molecule has 1 aromatic heterocycles. The van der Waals surface area contributed by atoms with Gasteiger partial charge in [-0.1, -0.05) is 15.9 Å². The maximum absolute atomic E-state index is 12.8. The van der Waals surface area contributed by atoms with Gasteiger partial charge in [-0.25, -0.2) is 8.42 Å². The summed E-state index contributed by atoms with van der Waals surface area (Å²) in [7, 11) is -2.54. The summed E-state index contributed by atoms with van der Waals surface area (Å²) in [5.74, 6) is -0.807. The maximum Gasteiger partial charge on any atom is 0.287 e. The number of ether oxygens (including phenoxy) is 1. The summed E-state index contributed by atoms with van der Waals surface area (Å²) in [6, 6.07) is 12.8. The van der Waals surface area contributed by atoms with E-state index in [9.17, 15) is 18.0 Å². The highest BCUT2D eigenvalue weighted by atomic mass is 79.9. The number of carbonyl (C=O) groups is 2. The molecule has 1 atom stereocenters. The first-order valence-electron chi connectivity index (χ1n) is 9.31. The van der Waals surface area contributed by atoms with Gasteiger partial charge in [-0.2, -0.15) is 0 Å². The van der Waals surface area contributed by atoms with Gasteiger partial charge in [0.1, 0.15) is 11.8 Å². The molecule has 3 rings (SSSR count). The quantitative estimate of drug-likeness (QED) is 0.415. The van der Waals surface area contributed by atoms with E-state index in [1.54, 1.807) is 30.3 Å². The average Bonchev–Trinajstić information content (AvgIpc) is 3.30. The van der Waals surface area contributed by atoms with E-state index in [0.29, 0.717) is 5.69 Å². The highest BCUT2D eigenvalue weighted by molar-refractivity contribution is 9.10. The van der Waals surface area contributed by atoms with Crippen molar-refractivity contribution in [3.63, 3.8) is 0 Å².